The Morgan fingerprint density at radius 2 is 1.86 bits per heavy atom. The average Bonchev–Trinajstić information content (AvgIpc) is 2.46. The molecule has 0 amide bonds. The van der Waals surface area contributed by atoms with Crippen LogP contribution in [-0.2, 0) is 4.74 Å². The number of morpholine rings is 1. The van der Waals surface area contributed by atoms with E-state index >= 15 is 0 Å². The van der Waals surface area contributed by atoms with E-state index in [0.717, 1.165) is 30.3 Å². The summed E-state index contributed by atoms with van der Waals surface area (Å²) in [4.78, 5) is 2.19. The maximum absolute atomic E-state index is 5.74. The second kappa shape index (κ2) is 7.23. The lowest BCUT2D eigenvalue weighted by Gasteiger charge is -2.36. The first kappa shape index (κ1) is 16.2. The topological polar surface area (TPSA) is 24.5 Å². The van der Waals surface area contributed by atoms with Crippen LogP contribution in [0.4, 0.5) is 5.69 Å². The van der Waals surface area contributed by atoms with Gasteiger partial charge in [0, 0.05) is 18.8 Å². The molecule has 0 radical (unpaired) electrons. The van der Waals surface area contributed by atoms with E-state index in [-0.39, 0.29) is 12.2 Å². The number of benzene rings is 1. The highest BCUT2D eigenvalue weighted by Gasteiger charge is 2.23. The van der Waals surface area contributed by atoms with Crippen molar-refractivity contribution in [3.8, 4) is 0 Å². The number of hydrogen-bond donors (Lipinski definition) is 1. The van der Waals surface area contributed by atoms with Crippen LogP contribution in [0.25, 0.3) is 0 Å². The quantitative estimate of drug-likeness (QED) is 0.853. The summed E-state index contributed by atoms with van der Waals surface area (Å²) < 4.78 is 5.74. The number of nitrogens with zero attached hydrogens (tertiary/aromatic N) is 1. The SMILES string of the molecule is CC[C@@H](C)c1ccc(NC(=S)N2C[C@@H](C)O[C@@H](C)C2)cc1. The Bertz CT molecular complexity index is 464. The standard InChI is InChI=1S/C17H26N2OS/c1-5-12(2)15-6-8-16(9-7-15)18-17(21)19-10-13(3)20-14(4)11-19/h6-9,12-14H,5,10-11H2,1-4H3,(H,18,21)/t12-,13-,14+/m1/s1. The molecule has 3 atom stereocenters. The predicted molar refractivity (Wildman–Crippen MR) is 93.0 cm³/mol. The van der Waals surface area contributed by atoms with E-state index in [4.69, 9.17) is 17.0 Å². The van der Waals surface area contributed by atoms with Gasteiger partial charge in [0.2, 0.25) is 0 Å². The van der Waals surface area contributed by atoms with Crippen LogP contribution >= 0.6 is 12.2 Å². The van der Waals surface area contributed by atoms with Gasteiger partial charge in [0.25, 0.3) is 0 Å². The Morgan fingerprint density at radius 3 is 2.38 bits per heavy atom. The van der Waals surface area contributed by atoms with Crippen molar-refractivity contribution in [2.24, 2.45) is 0 Å². The van der Waals surface area contributed by atoms with Gasteiger partial charge in [-0.2, -0.15) is 0 Å². The number of anilines is 1. The molecule has 1 heterocycles. The molecular formula is C17H26N2OS. The van der Waals surface area contributed by atoms with Crippen LogP contribution in [0.1, 0.15) is 45.6 Å². The third-order valence-corrected chi connectivity index (χ3v) is 4.41. The summed E-state index contributed by atoms with van der Waals surface area (Å²) in [7, 11) is 0. The minimum absolute atomic E-state index is 0.223. The molecule has 0 spiro atoms. The molecule has 1 N–H and O–H groups in total. The van der Waals surface area contributed by atoms with Gasteiger partial charge in [-0.05, 0) is 56.1 Å². The summed E-state index contributed by atoms with van der Waals surface area (Å²) in [6, 6.07) is 8.59. The summed E-state index contributed by atoms with van der Waals surface area (Å²) in [5, 5.41) is 4.12. The number of thiocarbonyl (C=S) groups is 1. The lowest BCUT2D eigenvalue weighted by molar-refractivity contribution is -0.0473. The molecule has 0 aliphatic carbocycles. The van der Waals surface area contributed by atoms with Gasteiger partial charge < -0.3 is 15.0 Å². The normalized spacial score (nSPS) is 23.7. The molecule has 0 saturated carbocycles. The van der Waals surface area contributed by atoms with E-state index in [1.807, 2.05) is 0 Å². The predicted octanol–water partition coefficient (Wildman–Crippen LogP) is 4.01. The van der Waals surface area contributed by atoms with E-state index in [1.165, 1.54) is 5.56 Å². The molecule has 1 aromatic rings. The van der Waals surface area contributed by atoms with E-state index in [2.05, 4.69) is 62.2 Å². The van der Waals surface area contributed by atoms with E-state index in [9.17, 15) is 0 Å². The molecule has 1 aliphatic rings. The molecule has 1 saturated heterocycles. The fraction of sp³-hybridized carbons (Fsp3) is 0.588. The molecule has 2 rings (SSSR count). The van der Waals surface area contributed by atoms with Crippen LogP contribution in [0.15, 0.2) is 24.3 Å². The maximum Gasteiger partial charge on any atom is 0.173 e. The van der Waals surface area contributed by atoms with Crippen molar-refractivity contribution in [2.75, 3.05) is 18.4 Å². The second-order valence-electron chi connectivity index (χ2n) is 6.02. The van der Waals surface area contributed by atoms with Crippen LogP contribution < -0.4 is 5.32 Å². The van der Waals surface area contributed by atoms with E-state index in [0.29, 0.717) is 5.92 Å². The van der Waals surface area contributed by atoms with Crippen molar-refractivity contribution < 1.29 is 4.74 Å². The first-order valence-corrected chi connectivity index (χ1v) is 8.21. The summed E-state index contributed by atoms with van der Waals surface area (Å²) in [6.07, 6.45) is 1.61. The largest absolute Gasteiger partial charge is 0.372 e. The molecule has 21 heavy (non-hydrogen) atoms. The van der Waals surface area contributed by atoms with E-state index in [1.54, 1.807) is 0 Å². The first-order valence-electron chi connectivity index (χ1n) is 7.81. The highest BCUT2D eigenvalue weighted by molar-refractivity contribution is 7.80. The maximum atomic E-state index is 5.74. The molecule has 1 aliphatic heterocycles. The second-order valence-corrected chi connectivity index (χ2v) is 6.41. The lowest BCUT2D eigenvalue weighted by atomic mass is 9.99. The van der Waals surface area contributed by atoms with Crippen LogP contribution in [0.3, 0.4) is 0 Å². The molecule has 1 aromatic carbocycles. The minimum atomic E-state index is 0.223. The van der Waals surface area contributed by atoms with Gasteiger partial charge in [0.05, 0.1) is 12.2 Å². The average molecular weight is 306 g/mol. The highest BCUT2D eigenvalue weighted by Crippen LogP contribution is 2.21. The molecule has 0 aromatic heterocycles. The van der Waals surface area contributed by atoms with Crippen molar-refractivity contribution >= 4 is 23.0 Å². The van der Waals surface area contributed by atoms with Gasteiger partial charge in [-0.3, -0.25) is 0 Å². The molecule has 116 valence electrons. The number of rotatable bonds is 3. The molecular weight excluding hydrogens is 280 g/mol. The molecule has 0 bridgehead atoms. The Hall–Kier alpha value is -1.13. The monoisotopic (exact) mass is 306 g/mol. The zero-order valence-electron chi connectivity index (χ0n) is 13.4. The van der Waals surface area contributed by atoms with Gasteiger partial charge in [0.15, 0.2) is 5.11 Å². The third kappa shape index (κ3) is 4.42. The van der Waals surface area contributed by atoms with Crippen LogP contribution in [0.2, 0.25) is 0 Å². The summed E-state index contributed by atoms with van der Waals surface area (Å²) >= 11 is 5.53. The van der Waals surface area contributed by atoms with E-state index < -0.39 is 0 Å². The van der Waals surface area contributed by atoms with Crippen molar-refractivity contribution in [3.05, 3.63) is 29.8 Å². The zero-order valence-corrected chi connectivity index (χ0v) is 14.2. The lowest BCUT2D eigenvalue weighted by Crippen LogP contribution is -2.49. The highest BCUT2D eigenvalue weighted by atomic mass is 32.1. The van der Waals surface area contributed by atoms with Gasteiger partial charge in [0.1, 0.15) is 0 Å². The van der Waals surface area contributed by atoms with Crippen LogP contribution in [-0.4, -0.2) is 35.3 Å². The fourth-order valence-electron chi connectivity index (χ4n) is 2.68. The zero-order chi connectivity index (χ0) is 15.4. The smallest absolute Gasteiger partial charge is 0.173 e. The van der Waals surface area contributed by atoms with Crippen molar-refractivity contribution in [2.45, 2.75) is 52.2 Å². The molecule has 3 nitrogen and oxygen atoms in total. The Balaban J connectivity index is 1.96. The Kier molecular flexibility index (Phi) is 5.59. The number of ether oxygens (including phenoxy) is 1. The summed E-state index contributed by atoms with van der Waals surface area (Å²) in [6.45, 7) is 10.3. The third-order valence-electron chi connectivity index (χ3n) is 4.05. The van der Waals surface area contributed by atoms with Gasteiger partial charge >= 0.3 is 0 Å². The number of hydrogen-bond acceptors (Lipinski definition) is 2. The van der Waals surface area contributed by atoms with Crippen molar-refractivity contribution in [1.29, 1.82) is 0 Å². The summed E-state index contributed by atoms with van der Waals surface area (Å²) in [5.74, 6) is 0.604. The van der Waals surface area contributed by atoms with Crippen molar-refractivity contribution in [3.63, 3.8) is 0 Å². The molecule has 1 fully saturated rings. The number of nitrogens with one attached hydrogen (secondary N) is 1. The van der Waals surface area contributed by atoms with Crippen LogP contribution in [0.5, 0.6) is 0 Å². The minimum Gasteiger partial charge on any atom is -0.372 e. The summed E-state index contributed by atoms with van der Waals surface area (Å²) in [5.41, 5.74) is 2.43. The Morgan fingerprint density at radius 1 is 1.29 bits per heavy atom. The van der Waals surface area contributed by atoms with Gasteiger partial charge in [-0.25, -0.2) is 0 Å². The molecule has 0 unspecified atom stereocenters. The van der Waals surface area contributed by atoms with Crippen LogP contribution in [0, 0.1) is 0 Å². The van der Waals surface area contributed by atoms with Gasteiger partial charge in [-0.15, -0.1) is 0 Å². The fourth-order valence-corrected chi connectivity index (χ4v) is 2.94. The Labute approximate surface area is 133 Å². The van der Waals surface area contributed by atoms with Crippen molar-refractivity contribution in [1.82, 2.24) is 4.90 Å². The van der Waals surface area contributed by atoms with Gasteiger partial charge in [-0.1, -0.05) is 26.0 Å². The first-order chi connectivity index (χ1) is 9.99. The molecule has 4 heteroatoms.